The van der Waals surface area contributed by atoms with Crippen LogP contribution in [0.1, 0.15) is 19.8 Å². The predicted molar refractivity (Wildman–Crippen MR) is 94.5 cm³/mol. The second kappa shape index (κ2) is 5.89. The lowest BCUT2D eigenvalue weighted by atomic mass is 9.99. The summed E-state index contributed by atoms with van der Waals surface area (Å²) in [5, 5.41) is 1.06. The first-order valence-electron chi connectivity index (χ1n) is 8.45. The van der Waals surface area contributed by atoms with Gasteiger partial charge in [0, 0.05) is 20.1 Å². The molecule has 3 aromatic rings. The number of anilines is 1. The second-order valence-corrected chi connectivity index (χ2v) is 6.70. The molecular formula is C19H21FN4. The summed E-state index contributed by atoms with van der Waals surface area (Å²) in [4.78, 5) is 11.4. The van der Waals surface area contributed by atoms with Crippen LogP contribution in [0.4, 0.5) is 10.2 Å². The molecule has 0 spiro atoms. The van der Waals surface area contributed by atoms with E-state index in [1.807, 2.05) is 7.05 Å². The number of aryl methyl sites for hydroxylation is 1. The van der Waals surface area contributed by atoms with Crippen LogP contribution in [-0.4, -0.2) is 27.6 Å². The van der Waals surface area contributed by atoms with Crippen molar-refractivity contribution in [3.05, 3.63) is 42.5 Å². The number of aromatic nitrogens is 3. The van der Waals surface area contributed by atoms with Crippen LogP contribution in [-0.2, 0) is 7.05 Å². The number of halogens is 1. The third-order valence-electron chi connectivity index (χ3n) is 5.03. The van der Waals surface area contributed by atoms with Gasteiger partial charge in [-0.05, 0) is 54.7 Å². The predicted octanol–water partition coefficient (Wildman–Crippen LogP) is 4.01. The van der Waals surface area contributed by atoms with Crippen molar-refractivity contribution in [3.63, 3.8) is 0 Å². The zero-order chi connectivity index (χ0) is 16.7. The molecule has 0 bridgehead atoms. The normalized spacial score (nSPS) is 16.0. The highest BCUT2D eigenvalue weighted by Crippen LogP contribution is 2.32. The standard InChI is InChI=1S/C19H21FN4/c1-13-7-9-24(10-8-13)19-16-11-17(14-3-5-15(20)6-4-14)23(2)18(16)21-12-22-19/h3-6,11-13H,7-10H2,1-2H3. The Labute approximate surface area is 141 Å². The third-order valence-corrected chi connectivity index (χ3v) is 5.03. The Hall–Kier alpha value is -2.43. The number of benzene rings is 1. The number of piperidine rings is 1. The van der Waals surface area contributed by atoms with Crippen LogP contribution in [0.15, 0.2) is 36.7 Å². The van der Waals surface area contributed by atoms with Crippen molar-refractivity contribution in [2.45, 2.75) is 19.8 Å². The Balaban J connectivity index is 1.80. The highest BCUT2D eigenvalue weighted by molar-refractivity contribution is 5.92. The van der Waals surface area contributed by atoms with Gasteiger partial charge in [0.05, 0.1) is 11.1 Å². The summed E-state index contributed by atoms with van der Waals surface area (Å²) in [6.45, 7) is 4.38. The molecule has 1 fully saturated rings. The van der Waals surface area contributed by atoms with Crippen LogP contribution in [0.5, 0.6) is 0 Å². The minimum Gasteiger partial charge on any atom is -0.356 e. The molecule has 0 aliphatic carbocycles. The van der Waals surface area contributed by atoms with E-state index in [2.05, 4.69) is 32.4 Å². The van der Waals surface area contributed by atoms with Crippen LogP contribution < -0.4 is 4.90 Å². The van der Waals surface area contributed by atoms with Crippen molar-refractivity contribution in [3.8, 4) is 11.3 Å². The number of fused-ring (bicyclic) bond motifs is 1. The molecule has 124 valence electrons. The van der Waals surface area contributed by atoms with E-state index < -0.39 is 0 Å². The molecule has 2 aromatic heterocycles. The summed E-state index contributed by atoms with van der Waals surface area (Å²) in [5.74, 6) is 1.57. The first-order valence-corrected chi connectivity index (χ1v) is 8.45. The minimum atomic E-state index is -0.222. The van der Waals surface area contributed by atoms with E-state index in [9.17, 15) is 4.39 Å². The van der Waals surface area contributed by atoms with E-state index in [1.54, 1.807) is 18.5 Å². The number of hydrogen-bond acceptors (Lipinski definition) is 3. The van der Waals surface area contributed by atoms with Crippen molar-refractivity contribution in [2.24, 2.45) is 13.0 Å². The van der Waals surface area contributed by atoms with Crippen LogP contribution in [0.3, 0.4) is 0 Å². The third kappa shape index (κ3) is 2.54. The van der Waals surface area contributed by atoms with Gasteiger partial charge in [0.2, 0.25) is 0 Å². The van der Waals surface area contributed by atoms with E-state index in [1.165, 1.54) is 25.0 Å². The largest absolute Gasteiger partial charge is 0.356 e. The highest BCUT2D eigenvalue weighted by Gasteiger charge is 2.21. The summed E-state index contributed by atoms with van der Waals surface area (Å²) < 4.78 is 15.3. The van der Waals surface area contributed by atoms with Crippen molar-refractivity contribution >= 4 is 16.9 Å². The smallest absolute Gasteiger partial charge is 0.145 e. The van der Waals surface area contributed by atoms with Crippen molar-refractivity contribution in [1.82, 2.24) is 14.5 Å². The van der Waals surface area contributed by atoms with E-state index in [-0.39, 0.29) is 5.82 Å². The van der Waals surface area contributed by atoms with Gasteiger partial charge in [-0.25, -0.2) is 14.4 Å². The molecule has 4 rings (SSSR count). The summed E-state index contributed by atoms with van der Waals surface area (Å²) in [5.41, 5.74) is 2.92. The lowest BCUT2D eigenvalue weighted by Gasteiger charge is -2.31. The van der Waals surface area contributed by atoms with Gasteiger partial charge in [-0.3, -0.25) is 0 Å². The van der Waals surface area contributed by atoms with Gasteiger partial charge in [-0.15, -0.1) is 0 Å². The summed E-state index contributed by atoms with van der Waals surface area (Å²) in [6.07, 6.45) is 4.04. The molecule has 1 saturated heterocycles. The molecule has 0 saturated carbocycles. The van der Waals surface area contributed by atoms with E-state index >= 15 is 0 Å². The number of rotatable bonds is 2. The van der Waals surface area contributed by atoms with Gasteiger partial charge in [0.15, 0.2) is 0 Å². The lowest BCUT2D eigenvalue weighted by molar-refractivity contribution is 0.437. The van der Waals surface area contributed by atoms with E-state index in [0.29, 0.717) is 0 Å². The maximum Gasteiger partial charge on any atom is 0.145 e. The van der Waals surface area contributed by atoms with Crippen LogP contribution >= 0.6 is 0 Å². The average molecular weight is 324 g/mol. The molecule has 0 amide bonds. The Kier molecular flexibility index (Phi) is 3.71. The van der Waals surface area contributed by atoms with Gasteiger partial charge >= 0.3 is 0 Å². The fraction of sp³-hybridized carbons (Fsp3) is 0.368. The van der Waals surface area contributed by atoms with Crippen LogP contribution in [0.25, 0.3) is 22.3 Å². The molecule has 0 unspecified atom stereocenters. The highest BCUT2D eigenvalue weighted by atomic mass is 19.1. The molecule has 4 nitrogen and oxygen atoms in total. The van der Waals surface area contributed by atoms with Gasteiger partial charge in [0.25, 0.3) is 0 Å². The Morgan fingerprint density at radius 1 is 1.08 bits per heavy atom. The van der Waals surface area contributed by atoms with Crippen molar-refractivity contribution < 1.29 is 4.39 Å². The Bertz CT molecular complexity index is 861. The van der Waals surface area contributed by atoms with E-state index in [4.69, 9.17) is 0 Å². The van der Waals surface area contributed by atoms with E-state index in [0.717, 1.165) is 47.1 Å². The van der Waals surface area contributed by atoms with Crippen LogP contribution in [0.2, 0.25) is 0 Å². The van der Waals surface area contributed by atoms with Crippen molar-refractivity contribution in [1.29, 1.82) is 0 Å². The number of nitrogens with zero attached hydrogens (tertiary/aromatic N) is 4. The zero-order valence-corrected chi connectivity index (χ0v) is 14.0. The first-order chi connectivity index (χ1) is 11.6. The first kappa shape index (κ1) is 15.1. The Morgan fingerprint density at radius 3 is 2.50 bits per heavy atom. The van der Waals surface area contributed by atoms with Crippen LogP contribution in [0, 0.1) is 11.7 Å². The molecule has 1 aromatic carbocycles. The molecule has 5 heteroatoms. The fourth-order valence-corrected chi connectivity index (χ4v) is 3.49. The van der Waals surface area contributed by atoms with Gasteiger partial charge in [-0.1, -0.05) is 6.92 Å². The fourth-order valence-electron chi connectivity index (χ4n) is 3.49. The zero-order valence-electron chi connectivity index (χ0n) is 14.0. The SMILES string of the molecule is CC1CCN(c2ncnc3c2cc(-c2ccc(F)cc2)n3C)CC1. The van der Waals surface area contributed by atoms with Gasteiger partial charge in [-0.2, -0.15) is 0 Å². The molecule has 0 N–H and O–H groups in total. The van der Waals surface area contributed by atoms with Crippen molar-refractivity contribution in [2.75, 3.05) is 18.0 Å². The lowest BCUT2D eigenvalue weighted by Crippen LogP contribution is -2.33. The quantitative estimate of drug-likeness (QED) is 0.714. The Morgan fingerprint density at radius 2 is 1.79 bits per heavy atom. The van der Waals surface area contributed by atoms with Gasteiger partial charge in [0.1, 0.15) is 23.6 Å². The summed E-state index contributed by atoms with van der Waals surface area (Å²) in [7, 11) is 2.00. The molecule has 24 heavy (non-hydrogen) atoms. The molecule has 1 aliphatic rings. The molecule has 3 heterocycles. The number of hydrogen-bond donors (Lipinski definition) is 0. The monoisotopic (exact) mass is 324 g/mol. The molecule has 0 radical (unpaired) electrons. The molecular weight excluding hydrogens is 303 g/mol. The second-order valence-electron chi connectivity index (χ2n) is 6.70. The summed E-state index contributed by atoms with van der Waals surface area (Å²) in [6, 6.07) is 8.71. The maximum atomic E-state index is 13.2. The topological polar surface area (TPSA) is 34.0 Å². The maximum absolute atomic E-state index is 13.2. The van der Waals surface area contributed by atoms with Gasteiger partial charge < -0.3 is 9.47 Å². The molecule has 1 aliphatic heterocycles. The minimum absolute atomic E-state index is 0.222. The average Bonchev–Trinajstić information content (AvgIpc) is 2.94. The molecule has 0 atom stereocenters. The summed E-state index contributed by atoms with van der Waals surface area (Å²) >= 11 is 0.